The molecule has 0 N–H and O–H groups in total. The molecule has 0 aliphatic carbocycles. The van der Waals surface area contributed by atoms with Gasteiger partial charge in [0.2, 0.25) is 0 Å². The van der Waals surface area contributed by atoms with Gasteiger partial charge < -0.3 is 14.4 Å². The predicted octanol–water partition coefficient (Wildman–Crippen LogP) is -0.925. The zero-order valence-electron chi connectivity index (χ0n) is 5.12. The number of unbranched alkanes of at least 4 members (excludes halogenated alkanes) is 1. The van der Waals surface area contributed by atoms with Gasteiger partial charge in [0.1, 0.15) is 0 Å². The average Bonchev–Trinajstić information content (AvgIpc) is 1.37. The Hall–Kier alpha value is 1.64. The third kappa shape index (κ3) is 17.4. The summed E-state index contributed by atoms with van der Waals surface area (Å²) in [6, 6.07) is 0. The van der Waals surface area contributed by atoms with Crippen LogP contribution in [0.2, 0.25) is 0 Å². The normalized spacial score (nSPS) is 5.00. The summed E-state index contributed by atoms with van der Waals surface area (Å²) < 4.78 is 0. The fourth-order valence-electron chi connectivity index (χ4n) is 0. The van der Waals surface area contributed by atoms with Crippen LogP contribution >= 0.6 is 0 Å². The minimum Gasteiger partial charge on any atom is -0.358 e. The van der Waals surface area contributed by atoms with Crippen molar-refractivity contribution >= 4 is 0 Å². The van der Waals surface area contributed by atoms with Crippen molar-refractivity contribution in [2.24, 2.45) is 0 Å². The van der Waals surface area contributed by atoms with Crippen molar-refractivity contribution in [3.63, 3.8) is 0 Å². The van der Waals surface area contributed by atoms with Crippen molar-refractivity contribution in [1.82, 2.24) is 0 Å². The Labute approximate surface area is 84.1 Å². The van der Waals surface area contributed by atoms with E-state index in [4.69, 9.17) is 0 Å². The molecular formula is C5H12K-. The summed E-state index contributed by atoms with van der Waals surface area (Å²) in [5, 5.41) is 0. The van der Waals surface area contributed by atoms with Crippen molar-refractivity contribution in [3.8, 4) is 0 Å². The van der Waals surface area contributed by atoms with Gasteiger partial charge >= 0.3 is 51.4 Å². The second kappa shape index (κ2) is 15.9. The second-order valence-corrected chi connectivity index (χ2v) is 0.854. The topological polar surface area (TPSA) is 0 Å². The monoisotopic (exact) mass is 111 g/mol. The van der Waals surface area contributed by atoms with E-state index in [1.807, 2.05) is 0 Å². The Balaban J connectivity index is -0.0000000450. The quantitative estimate of drug-likeness (QED) is 0.303. The standard InChI is InChI=1S/C4H9.CH3.K/c1-3-4-2;;/h1,3-4H2,2H3;1H3;/q2*-1;+1. The molecule has 0 rings (SSSR count). The Morgan fingerprint density at radius 3 is 1.67 bits per heavy atom. The first-order chi connectivity index (χ1) is 1.91. The Morgan fingerprint density at radius 1 is 1.50 bits per heavy atom. The van der Waals surface area contributed by atoms with Gasteiger partial charge in [0.25, 0.3) is 0 Å². The van der Waals surface area contributed by atoms with Gasteiger partial charge in [-0.05, 0) is 0 Å². The fraction of sp³-hybridized carbons (Fsp3) is 0.600. The Morgan fingerprint density at radius 2 is 1.67 bits per heavy atom. The Bertz CT molecular complexity index is 5.90. The van der Waals surface area contributed by atoms with Crippen molar-refractivity contribution in [2.75, 3.05) is 0 Å². The maximum absolute atomic E-state index is 3.60. The molecule has 0 saturated heterocycles. The fourth-order valence-corrected chi connectivity index (χ4v) is 0. The molecule has 0 aromatic carbocycles. The van der Waals surface area contributed by atoms with E-state index < -0.39 is 0 Å². The molecule has 34 valence electrons. The van der Waals surface area contributed by atoms with Crippen molar-refractivity contribution in [3.05, 3.63) is 14.4 Å². The van der Waals surface area contributed by atoms with E-state index in [-0.39, 0.29) is 58.8 Å². The first-order valence-electron chi connectivity index (χ1n) is 1.71. The van der Waals surface area contributed by atoms with Gasteiger partial charge in [-0.1, -0.05) is 13.3 Å². The number of hydrogen-bond acceptors (Lipinski definition) is 0. The van der Waals surface area contributed by atoms with E-state index in [0.29, 0.717) is 0 Å². The molecule has 0 unspecified atom stereocenters. The second-order valence-electron chi connectivity index (χ2n) is 0.854. The van der Waals surface area contributed by atoms with Crippen LogP contribution in [0.1, 0.15) is 19.8 Å². The number of rotatable bonds is 1. The molecule has 0 nitrogen and oxygen atoms in total. The van der Waals surface area contributed by atoms with Gasteiger partial charge in [-0.15, -0.1) is 0 Å². The van der Waals surface area contributed by atoms with Gasteiger partial charge in [0.05, 0.1) is 0 Å². The molecule has 6 heavy (non-hydrogen) atoms. The van der Waals surface area contributed by atoms with Gasteiger partial charge in [0, 0.05) is 0 Å². The largest absolute Gasteiger partial charge is 1.00 e. The van der Waals surface area contributed by atoms with Gasteiger partial charge in [-0.2, -0.15) is 6.42 Å². The first-order valence-corrected chi connectivity index (χ1v) is 1.71. The van der Waals surface area contributed by atoms with Crippen LogP contribution in [0.3, 0.4) is 0 Å². The molecule has 0 spiro atoms. The summed E-state index contributed by atoms with van der Waals surface area (Å²) in [7, 11) is 0. The molecular weight excluding hydrogens is 99.2 g/mol. The SMILES string of the molecule is [CH2-]CCC.[CH3-].[K+]. The third-order valence-corrected chi connectivity index (χ3v) is 0.354. The minimum atomic E-state index is 0. The minimum absolute atomic E-state index is 0. The van der Waals surface area contributed by atoms with Crippen LogP contribution in [0.25, 0.3) is 0 Å². The summed E-state index contributed by atoms with van der Waals surface area (Å²) in [5.74, 6) is 0. The van der Waals surface area contributed by atoms with E-state index >= 15 is 0 Å². The van der Waals surface area contributed by atoms with Crippen molar-refractivity contribution < 1.29 is 51.4 Å². The first kappa shape index (κ1) is 15.6. The summed E-state index contributed by atoms with van der Waals surface area (Å²) in [6.45, 7) is 5.72. The smallest absolute Gasteiger partial charge is 0.358 e. The van der Waals surface area contributed by atoms with E-state index in [0.717, 1.165) is 6.42 Å². The van der Waals surface area contributed by atoms with Crippen LogP contribution in [0, 0.1) is 14.4 Å². The number of hydrogen-bond donors (Lipinski definition) is 0. The summed E-state index contributed by atoms with van der Waals surface area (Å²) in [4.78, 5) is 0. The summed E-state index contributed by atoms with van der Waals surface area (Å²) in [6.07, 6.45) is 2.28. The molecule has 0 aliphatic rings. The molecule has 0 aliphatic heterocycles. The van der Waals surface area contributed by atoms with Crippen LogP contribution in [0.4, 0.5) is 0 Å². The maximum atomic E-state index is 3.60. The summed E-state index contributed by atoms with van der Waals surface area (Å²) >= 11 is 0. The Kier molecular flexibility index (Phi) is 41.6. The van der Waals surface area contributed by atoms with E-state index in [2.05, 4.69) is 13.8 Å². The van der Waals surface area contributed by atoms with E-state index in [1.165, 1.54) is 6.42 Å². The van der Waals surface area contributed by atoms with Crippen LogP contribution < -0.4 is 51.4 Å². The molecule has 0 aromatic rings. The third-order valence-electron chi connectivity index (χ3n) is 0.354. The molecule has 0 fully saturated rings. The van der Waals surface area contributed by atoms with Crippen molar-refractivity contribution in [2.45, 2.75) is 19.8 Å². The van der Waals surface area contributed by atoms with E-state index in [1.54, 1.807) is 0 Å². The van der Waals surface area contributed by atoms with Gasteiger partial charge in [-0.25, -0.2) is 0 Å². The molecule has 0 bridgehead atoms. The molecule has 0 heterocycles. The molecule has 0 amide bonds. The molecule has 0 saturated carbocycles. The molecule has 0 aromatic heterocycles. The van der Waals surface area contributed by atoms with Crippen LogP contribution in [-0.2, 0) is 0 Å². The molecule has 1 heteroatoms. The predicted molar refractivity (Wildman–Crippen MR) is 26.7 cm³/mol. The van der Waals surface area contributed by atoms with Gasteiger partial charge in [0.15, 0.2) is 0 Å². The van der Waals surface area contributed by atoms with Crippen LogP contribution in [0.15, 0.2) is 0 Å². The van der Waals surface area contributed by atoms with Crippen LogP contribution in [0.5, 0.6) is 0 Å². The van der Waals surface area contributed by atoms with Crippen LogP contribution in [-0.4, -0.2) is 0 Å². The van der Waals surface area contributed by atoms with Crippen molar-refractivity contribution in [1.29, 1.82) is 0 Å². The maximum Gasteiger partial charge on any atom is 1.00 e. The molecule has 0 atom stereocenters. The van der Waals surface area contributed by atoms with Gasteiger partial charge in [-0.3, -0.25) is 0 Å². The molecule has 0 radical (unpaired) electrons. The average molecular weight is 111 g/mol. The zero-order chi connectivity index (χ0) is 3.41. The summed E-state index contributed by atoms with van der Waals surface area (Å²) in [5.41, 5.74) is 0. The zero-order valence-corrected chi connectivity index (χ0v) is 8.24. The van der Waals surface area contributed by atoms with E-state index in [9.17, 15) is 0 Å².